The Hall–Kier alpha value is -3.28. The van der Waals surface area contributed by atoms with Crippen LogP contribution in [-0.4, -0.2) is 29.6 Å². The van der Waals surface area contributed by atoms with E-state index in [-0.39, 0.29) is 22.9 Å². The summed E-state index contributed by atoms with van der Waals surface area (Å²) in [4.78, 5) is 11.7. The van der Waals surface area contributed by atoms with E-state index in [1.165, 1.54) is 12.4 Å². The van der Waals surface area contributed by atoms with Crippen molar-refractivity contribution in [3.05, 3.63) is 60.3 Å². The first-order valence-corrected chi connectivity index (χ1v) is 9.72. The Kier molecular flexibility index (Phi) is 5.38. The van der Waals surface area contributed by atoms with Crippen LogP contribution < -0.4 is 9.46 Å². The highest BCUT2D eigenvalue weighted by molar-refractivity contribution is 7.92. The Labute approximate surface area is 162 Å². The van der Waals surface area contributed by atoms with Crippen LogP contribution in [-0.2, 0) is 16.2 Å². The van der Waals surface area contributed by atoms with Crippen molar-refractivity contribution in [1.82, 2.24) is 15.0 Å². The number of aromatic nitrogens is 3. The van der Waals surface area contributed by atoms with Gasteiger partial charge in [-0.15, -0.1) is 0 Å². The molecule has 0 bridgehead atoms. The summed E-state index contributed by atoms with van der Waals surface area (Å²) in [5.74, 6) is -1.50. The molecule has 0 saturated carbocycles. The minimum atomic E-state index is -4.48. The van der Waals surface area contributed by atoms with Gasteiger partial charge in [-0.1, -0.05) is 0 Å². The van der Waals surface area contributed by atoms with Crippen molar-refractivity contribution in [2.24, 2.45) is 0 Å². The summed E-state index contributed by atoms with van der Waals surface area (Å²) in [5, 5.41) is 0. The van der Waals surface area contributed by atoms with Gasteiger partial charge in [-0.25, -0.2) is 27.8 Å². The van der Waals surface area contributed by atoms with Crippen LogP contribution in [0.15, 0.2) is 48.9 Å². The molecule has 152 valence electrons. The van der Waals surface area contributed by atoms with E-state index in [1.54, 1.807) is 0 Å². The lowest BCUT2D eigenvalue weighted by molar-refractivity contribution is -0.137. The average Bonchev–Trinajstić information content (AvgIpc) is 2.63. The van der Waals surface area contributed by atoms with Crippen LogP contribution >= 0.6 is 0 Å². The van der Waals surface area contributed by atoms with E-state index in [1.807, 2.05) is 4.72 Å². The van der Waals surface area contributed by atoms with Crippen LogP contribution in [0.25, 0.3) is 11.3 Å². The second kappa shape index (κ2) is 7.62. The molecule has 12 heteroatoms. The molecule has 1 N–H and O–H groups in total. The monoisotopic (exact) mass is 428 g/mol. The molecule has 2 heterocycles. The van der Waals surface area contributed by atoms with E-state index in [0.717, 1.165) is 42.8 Å². The minimum Gasteiger partial charge on any atom is -0.437 e. The van der Waals surface area contributed by atoms with Gasteiger partial charge in [0.25, 0.3) is 0 Å². The number of sulfonamides is 1. The number of ether oxygens (including phenoxy) is 1. The lowest BCUT2D eigenvalue weighted by Crippen LogP contribution is -2.12. The first-order chi connectivity index (χ1) is 13.5. The molecule has 2 aromatic heterocycles. The number of nitrogens with zero attached hydrogens (tertiary/aromatic N) is 3. The van der Waals surface area contributed by atoms with Gasteiger partial charge in [0, 0.05) is 24.2 Å². The Bertz CT molecular complexity index is 1140. The van der Waals surface area contributed by atoms with Crippen LogP contribution in [0, 0.1) is 5.82 Å². The molecule has 0 spiro atoms. The SMILES string of the molecule is CS(=O)(=O)Nc1ncc(-c2nccnc2Oc2ccc(C(F)(F)F)cc2)cc1F. The molecule has 0 saturated heterocycles. The van der Waals surface area contributed by atoms with E-state index in [9.17, 15) is 26.0 Å². The molecular formula is C17H12F4N4O3S. The Morgan fingerprint density at radius 1 is 1.03 bits per heavy atom. The van der Waals surface area contributed by atoms with Crippen molar-refractivity contribution in [2.45, 2.75) is 6.18 Å². The number of halogens is 4. The van der Waals surface area contributed by atoms with Gasteiger partial charge in [0.1, 0.15) is 11.4 Å². The van der Waals surface area contributed by atoms with Gasteiger partial charge >= 0.3 is 6.18 Å². The molecule has 3 aromatic rings. The molecule has 7 nitrogen and oxygen atoms in total. The van der Waals surface area contributed by atoms with E-state index in [2.05, 4.69) is 15.0 Å². The van der Waals surface area contributed by atoms with Gasteiger partial charge in [-0.3, -0.25) is 4.72 Å². The smallest absolute Gasteiger partial charge is 0.416 e. The third-order valence-corrected chi connectivity index (χ3v) is 4.02. The van der Waals surface area contributed by atoms with Crippen LogP contribution in [0.2, 0.25) is 0 Å². The number of nitrogens with one attached hydrogen (secondary N) is 1. The van der Waals surface area contributed by atoms with Crippen molar-refractivity contribution < 1.29 is 30.7 Å². The average molecular weight is 428 g/mol. The van der Waals surface area contributed by atoms with E-state index in [0.29, 0.717) is 0 Å². The molecule has 0 aliphatic carbocycles. The highest BCUT2D eigenvalue weighted by Crippen LogP contribution is 2.33. The third kappa shape index (κ3) is 5.16. The van der Waals surface area contributed by atoms with Gasteiger partial charge in [0.15, 0.2) is 11.6 Å². The van der Waals surface area contributed by atoms with Gasteiger partial charge in [-0.2, -0.15) is 13.2 Å². The second-order valence-electron chi connectivity index (χ2n) is 5.76. The number of pyridine rings is 1. The topological polar surface area (TPSA) is 94.1 Å². The second-order valence-corrected chi connectivity index (χ2v) is 7.51. The molecule has 0 unspecified atom stereocenters. The Balaban J connectivity index is 1.90. The van der Waals surface area contributed by atoms with E-state index in [4.69, 9.17) is 4.74 Å². The molecule has 3 rings (SSSR count). The molecule has 29 heavy (non-hydrogen) atoms. The zero-order valence-corrected chi connectivity index (χ0v) is 15.4. The lowest BCUT2D eigenvalue weighted by Gasteiger charge is -2.11. The fourth-order valence-electron chi connectivity index (χ4n) is 2.24. The molecule has 0 aliphatic rings. The summed E-state index contributed by atoms with van der Waals surface area (Å²) < 4.78 is 82.0. The maximum absolute atomic E-state index is 14.2. The van der Waals surface area contributed by atoms with Gasteiger partial charge in [-0.05, 0) is 30.3 Å². The van der Waals surface area contributed by atoms with Crippen molar-refractivity contribution in [3.63, 3.8) is 0 Å². The van der Waals surface area contributed by atoms with Gasteiger partial charge in [0.2, 0.25) is 15.9 Å². The molecule has 0 aliphatic heterocycles. The van der Waals surface area contributed by atoms with Crippen LogP contribution in [0.3, 0.4) is 0 Å². The maximum atomic E-state index is 14.2. The first kappa shape index (κ1) is 20.5. The first-order valence-electron chi connectivity index (χ1n) is 7.83. The minimum absolute atomic E-state index is 0.0588. The summed E-state index contributed by atoms with van der Waals surface area (Å²) in [7, 11) is -3.73. The largest absolute Gasteiger partial charge is 0.437 e. The van der Waals surface area contributed by atoms with Crippen molar-refractivity contribution in [2.75, 3.05) is 11.0 Å². The summed E-state index contributed by atoms with van der Waals surface area (Å²) in [6, 6.07) is 4.89. The standard InChI is InChI=1S/C17H12F4N4O3S/c1-29(26,27)25-15-13(18)8-10(9-24-15)14-16(23-7-6-22-14)28-12-4-2-11(3-5-12)17(19,20)21/h2-9H,1H3,(H,24,25). The van der Waals surface area contributed by atoms with Crippen LogP contribution in [0.5, 0.6) is 11.6 Å². The van der Waals surface area contributed by atoms with Crippen molar-refractivity contribution in [3.8, 4) is 22.9 Å². The van der Waals surface area contributed by atoms with Crippen LogP contribution in [0.1, 0.15) is 5.56 Å². The highest BCUT2D eigenvalue weighted by Gasteiger charge is 2.30. The highest BCUT2D eigenvalue weighted by atomic mass is 32.2. The summed E-state index contributed by atoms with van der Waals surface area (Å²) in [6.07, 6.45) is 0.101. The predicted molar refractivity (Wildman–Crippen MR) is 95.2 cm³/mol. The predicted octanol–water partition coefficient (Wildman–Crippen LogP) is 3.86. The van der Waals surface area contributed by atoms with Gasteiger partial charge < -0.3 is 4.74 Å². The number of hydrogen-bond donors (Lipinski definition) is 1. The quantitative estimate of drug-likeness (QED) is 0.621. The number of rotatable bonds is 5. The summed E-state index contributed by atoms with van der Waals surface area (Å²) >= 11 is 0. The fraction of sp³-hybridized carbons (Fsp3) is 0.118. The number of alkyl halides is 3. The zero-order valence-electron chi connectivity index (χ0n) is 14.6. The van der Waals surface area contributed by atoms with E-state index < -0.39 is 33.4 Å². The molecule has 0 atom stereocenters. The molecule has 0 fully saturated rings. The molecule has 0 radical (unpaired) electrons. The number of anilines is 1. The molecule has 0 amide bonds. The normalized spacial score (nSPS) is 11.9. The van der Waals surface area contributed by atoms with Crippen LogP contribution in [0.4, 0.5) is 23.4 Å². The van der Waals surface area contributed by atoms with Gasteiger partial charge in [0.05, 0.1) is 11.8 Å². The third-order valence-electron chi connectivity index (χ3n) is 3.46. The number of hydrogen-bond acceptors (Lipinski definition) is 6. The maximum Gasteiger partial charge on any atom is 0.416 e. The number of benzene rings is 1. The molecular weight excluding hydrogens is 416 g/mol. The fourth-order valence-corrected chi connectivity index (χ4v) is 2.74. The van der Waals surface area contributed by atoms with Crippen molar-refractivity contribution in [1.29, 1.82) is 0 Å². The summed E-state index contributed by atoms with van der Waals surface area (Å²) in [6.45, 7) is 0. The zero-order chi connectivity index (χ0) is 21.2. The van der Waals surface area contributed by atoms with Crippen molar-refractivity contribution >= 4 is 15.8 Å². The Morgan fingerprint density at radius 2 is 1.69 bits per heavy atom. The summed E-state index contributed by atoms with van der Waals surface area (Å²) in [5.41, 5.74) is -0.661. The Morgan fingerprint density at radius 3 is 2.28 bits per heavy atom. The lowest BCUT2D eigenvalue weighted by atomic mass is 10.2. The van der Waals surface area contributed by atoms with E-state index >= 15 is 0 Å². The molecule has 1 aromatic carbocycles.